The standard InChI is InChI=1S/C8H6O4.O.W/c9-7(10)5-1-2-6(4-3-5)8(11)12;;/h1-4H,(H,9,10)(H,11,12);;/q;;+2/p-2. The molecule has 0 heterocycles. The van der Waals surface area contributed by atoms with Gasteiger partial charge in [-0.25, -0.2) is 0 Å². The zero-order valence-electron chi connectivity index (χ0n) is 6.76. The summed E-state index contributed by atoms with van der Waals surface area (Å²) >= 11 is 0.333. The molecule has 0 aliphatic heterocycles. The zero-order chi connectivity index (χ0) is 11.1. The van der Waals surface area contributed by atoms with Gasteiger partial charge in [0.1, 0.15) is 0 Å². The van der Waals surface area contributed by atoms with Crippen LogP contribution in [-0.4, -0.2) is 11.9 Å². The van der Waals surface area contributed by atoms with Crippen LogP contribution in [0.2, 0.25) is 0 Å². The van der Waals surface area contributed by atoms with Crippen molar-refractivity contribution in [3.63, 3.8) is 0 Å². The van der Waals surface area contributed by atoms with Gasteiger partial charge in [-0.15, -0.1) is 0 Å². The van der Waals surface area contributed by atoms with Crippen molar-refractivity contribution in [2.75, 3.05) is 0 Å². The molecule has 1 rings (SSSR count). The predicted octanol–water partition coefficient (Wildman–Crippen LogP) is -1.71. The van der Waals surface area contributed by atoms with Gasteiger partial charge in [-0.3, -0.25) is 0 Å². The Bertz CT molecular complexity index is 299. The predicted molar refractivity (Wildman–Crippen MR) is 35.8 cm³/mol. The van der Waals surface area contributed by atoms with Crippen LogP contribution in [0, 0.1) is 0 Å². The number of aromatic carboxylic acids is 2. The molecule has 0 radical (unpaired) electrons. The van der Waals surface area contributed by atoms with E-state index >= 15 is 0 Å². The fourth-order valence-electron chi connectivity index (χ4n) is 0.742. The first-order valence-corrected chi connectivity index (χ1v) is 4.50. The third kappa shape index (κ3) is 3.58. The maximum atomic E-state index is 10.2. The van der Waals surface area contributed by atoms with Crippen molar-refractivity contribution in [2.24, 2.45) is 0 Å². The van der Waals surface area contributed by atoms with Crippen LogP contribution < -0.4 is 10.2 Å². The van der Waals surface area contributed by atoms with E-state index < -0.39 is 11.9 Å². The summed E-state index contributed by atoms with van der Waals surface area (Å²) in [6.45, 7) is 0. The van der Waals surface area contributed by atoms with Gasteiger partial charge in [0.2, 0.25) is 0 Å². The topological polar surface area (TPSA) is 97.3 Å². The van der Waals surface area contributed by atoms with Crippen molar-refractivity contribution in [3.05, 3.63) is 35.4 Å². The Morgan fingerprint density at radius 2 is 1.07 bits per heavy atom. The average molecular weight is 364 g/mol. The Balaban J connectivity index is 0.000000791. The van der Waals surface area contributed by atoms with Crippen molar-refractivity contribution in [1.82, 2.24) is 0 Å². The summed E-state index contributed by atoms with van der Waals surface area (Å²) in [5.41, 5.74) is -0.111. The molecule has 0 N–H and O–H groups in total. The van der Waals surface area contributed by atoms with Gasteiger partial charge in [0.15, 0.2) is 0 Å². The van der Waals surface area contributed by atoms with Crippen molar-refractivity contribution in [2.45, 2.75) is 0 Å². The first kappa shape index (κ1) is 12.6. The van der Waals surface area contributed by atoms with Gasteiger partial charge in [0, 0.05) is 0 Å². The molecule has 0 saturated heterocycles. The summed E-state index contributed by atoms with van der Waals surface area (Å²) in [7, 11) is 0. The number of carboxylic acids is 2. The Morgan fingerprint density at radius 3 is 1.21 bits per heavy atom. The third-order valence-electron chi connectivity index (χ3n) is 1.36. The normalized spacial score (nSPS) is 8.21. The van der Waals surface area contributed by atoms with Gasteiger partial charge < -0.3 is 19.8 Å². The second-order valence-electron chi connectivity index (χ2n) is 2.15. The van der Waals surface area contributed by atoms with Gasteiger partial charge >= 0.3 is 23.2 Å². The first-order valence-electron chi connectivity index (χ1n) is 3.30. The fourth-order valence-corrected chi connectivity index (χ4v) is 0.742. The summed E-state index contributed by atoms with van der Waals surface area (Å²) in [4.78, 5) is 20.4. The second-order valence-corrected chi connectivity index (χ2v) is 2.15. The summed E-state index contributed by atoms with van der Waals surface area (Å²) in [6.07, 6.45) is 0. The molecule has 0 atom stereocenters. The number of carbonyl (C=O) groups excluding carboxylic acids is 2. The molecular weight excluding hydrogens is 360 g/mol. The van der Waals surface area contributed by atoms with E-state index in [9.17, 15) is 19.8 Å². The van der Waals surface area contributed by atoms with E-state index in [1.165, 1.54) is 0 Å². The van der Waals surface area contributed by atoms with Crippen molar-refractivity contribution in [1.29, 1.82) is 0 Å². The molecule has 14 heavy (non-hydrogen) atoms. The van der Waals surface area contributed by atoms with Crippen molar-refractivity contribution >= 4 is 11.9 Å². The number of benzene rings is 1. The molecule has 0 aliphatic rings. The van der Waals surface area contributed by atoms with Crippen LogP contribution in [0.25, 0.3) is 0 Å². The van der Waals surface area contributed by atoms with Gasteiger partial charge in [-0.1, -0.05) is 24.3 Å². The van der Waals surface area contributed by atoms with E-state index in [1.807, 2.05) is 0 Å². The van der Waals surface area contributed by atoms with E-state index in [0.29, 0.717) is 19.8 Å². The van der Waals surface area contributed by atoms with Crippen LogP contribution in [-0.2, 0) is 23.2 Å². The molecule has 5 nitrogen and oxygen atoms in total. The Kier molecular flexibility index (Phi) is 5.56. The van der Waals surface area contributed by atoms with Crippen LogP contribution >= 0.6 is 0 Å². The minimum atomic E-state index is -1.33. The van der Waals surface area contributed by atoms with E-state index in [1.54, 1.807) is 0 Å². The summed E-state index contributed by atoms with van der Waals surface area (Å²) < 4.78 is 8.33. The summed E-state index contributed by atoms with van der Waals surface area (Å²) in [6, 6.07) is 4.61. The Labute approximate surface area is 90.6 Å². The van der Waals surface area contributed by atoms with E-state index in [4.69, 9.17) is 3.40 Å². The average Bonchev–Trinajstić information content (AvgIpc) is 2.21. The van der Waals surface area contributed by atoms with Crippen LogP contribution in [0.1, 0.15) is 20.7 Å². The molecule has 0 saturated carbocycles. The van der Waals surface area contributed by atoms with Crippen LogP contribution in [0.4, 0.5) is 0 Å². The molecule has 0 amide bonds. The molecule has 72 valence electrons. The SMILES string of the molecule is O=C([O-])c1ccc(C(=O)[O-])cc1.[O]=[W+2]. The fraction of sp³-hybridized carbons (Fsp3) is 0. The van der Waals surface area contributed by atoms with Crippen LogP contribution in [0.5, 0.6) is 0 Å². The first-order chi connectivity index (χ1) is 6.61. The third-order valence-corrected chi connectivity index (χ3v) is 1.36. The minimum absolute atomic E-state index is 0.0556. The zero-order valence-corrected chi connectivity index (χ0v) is 9.69. The van der Waals surface area contributed by atoms with Crippen molar-refractivity contribution in [3.8, 4) is 0 Å². The van der Waals surface area contributed by atoms with E-state index in [-0.39, 0.29) is 11.1 Å². The molecule has 0 aromatic heterocycles. The van der Waals surface area contributed by atoms with E-state index in [2.05, 4.69) is 0 Å². The van der Waals surface area contributed by atoms with E-state index in [0.717, 1.165) is 24.3 Å². The molecule has 0 aliphatic carbocycles. The Hall–Kier alpha value is -1.35. The summed E-state index contributed by atoms with van der Waals surface area (Å²) in [5.74, 6) is -2.67. The monoisotopic (exact) mass is 364 g/mol. The van der Waals surface area contributed by atoms with Gasteiger partial charge in [-0.2, -0.15) is 0 Å². The number of hydrogen-bond donors (Lipinski definition) is 0. The molecule has 0 unspecified atom stereocenters. The molecule has 0 fully saturated rings. The summed E-state index contributed by atoms with van der Waals surface area (Å²) in [5, 5.41) is 20.4. The van der Waals surface area contributed by atoms with Crippen LogP contribution in [0.3, 0.4) is 0 Å². The number of carbonyl (C=O) groups is 2. The van der Waals surface area contributed by atoms with Gasteiger partial charge in [-0.05, 0) is 11.1 Å². The maximum absolute atomic E-state index is 10.2. The van der Waals surface area contributed by atoms with Crippen molar-refractivity contribution < 1.29 is 43.0 Å². The van der Waals surface area contributed by atoms with Gasteiger partial charge in [0.05, 0.1) is 11.9 Å². The van der Waals surface area contributed by atoms with Gasteiger partial charge in [0.25, 0.3) is 0 Å². The molecule has 6 heteroatoms. The second kappa shape index (κ2) is 6.16. The number of carboxylic acid groups (broad SMARTS) is 2. The molecule has 1 aromatic carbocycles. The number of hydrogen-bond acceptors (Lipinski definition) is 5. The van der Waals surface area contributed by atoms with Crippen LogP contribution in [0.15, 0.2) is 24.3 Å². The quantitative estimate of drug-likeness (QED) is 0.623. The molecule has 0 spiro atoms. The Morgan fingerprint density at radius 1 is 0.857 bits per heavy atom. The molecule has 1 aromatic rings. The molecular formula is C8H4O5W. The number of rotatable bonds is 2. The molecule has 0 bridgehead atoms.